The number of benzene rings is 1. The van der Waals surface area contributed by atoms with Crippen molar-refractivity contribution < 1.29 is 9.53 Å². The van der Waals surface area contributed by atoms with E-state index in [9.17, 15) is 4.79 Å². The van der Waals surface area contributed by atoms with Crippen LogP contribution in [-0.4, -0.2) is 42.5 Å². The van der Waals surface area contributed by atoms with Gasteiger partial charge in [0.2, 0.25) is 0 Å². The van der Waals surface area contributed by atoms with E-state index in [4.69, 9.17) is 4.74 Å². The molecule has 0 aliphatic carbocycles. The van der Waals surface area contributed by atoms with Gasteiger partial charge in [-0.25, -0.2) is 4.98 Å². The predicted molar refractivity (Wildman–Crippen MR) is 119 cm³/mol. The molecule has 2 heterocycles. The van der Waals surface area contributed by atoms with Gasteiger partial charge in [0, 0.05) is 17.5 Å². The van der Waals surface area contributed by atoms with Gasteiger partial charge < -0.3 is 10.1 Å². The highest BCUT2D eigenvalue weighted by molar-refractivity contribution is 7.14. The van der Waals surface area contributed by atoms with Gasteiger partial charge in [0.05, 0.1) is 23.9 Å². The van der Waals surface area contributed by atoms with E-state index in [1.807, 2.05) is 25.1 Å². The maximum atomic E-state index is 13.0. The minimum Gasteiger partial charge on any atom is -0.496 e. The van der Waals surface area contributed by atoms with Crippen LogP contribution in [0.4, 0.5) is 0 Å². The molecule has 1 aliphatic rings. The van der Waals surface area contributed by atoms with Crippen molar-refractivity contribution in [2.75, 3.05) is 26.7 Å². The summed E-state index contributed by atoms with van der Waals surface area (Å²) in [6, 6.07) is 8.24. The highest BCUT2D eigenvalue weighted by Crippen LogP contribution is 2.32. The van der Waals surface area contributed by atoms with E-state index in [2.05, 4.69) is 42.0 Å². The van der Waals surface area contributed by atoms with Gasteiger partial charge in [0.1, 0.15) is 10.6 Å². The van der Waals surface area contributed by atoms with Crippen LogP contribution in [0.5, 0.6) is 5.75 Å². The van der Waals surface area contributed by atoms with E-state index >= 15 is 0 Å². The Balaban J connectivity index is 1.80. The molecule has 5 nitrogen and oxygen atoms in total. The minimum absolute atomic E-state index is 0.0348. The quantitative estimate of drug-likeness (QED) is 0.742. The molecule has 1 aromatic carbocycles. The first kappa shape index (κ1) is 21.8. The molecule has 6 heteroatoms. The molecule has 1 N–H and O–H groups in total. The third-order valence-electron chi connectivity index (χ3n) is 5.43. The Bertz CT molecular complexity index is 835. The zero-order chi connectivity index (χ0) is 21.0. The number of nitrogens with zero attached hydrogens (tertiary/aromatic N) is 2. The van der Waals surface area contributed by atoms with Crippen LogP contribution in [0.3, 0.4) is 0 Å². The summed E-state index contributed by atoms with van der Waals surface area (Å²) in [4.78, 5) is 20.8. The van der Waals surface area contributed by atoms with Gasteiger partial charge in [-0.05, 0) is 38.9 Å². The fraction of sp³-hybridized carbons (Fsp3) is 0.565. The molecule has 0 spiro atoms. The van der Waals surface area contributed by atoms with Crippen LogP contribution < -0.4 is 10.1 Å². The Morgan fingerprint density at radius 1 is 1.24 bits per heavy atom. The number of piperidine rings is 1. The van der Waals surface area contributed by atoms with Crippen molar-refractivity contribution in [2.45, 2.75) is 58.4 Å². The zero-order valence-electron chi connectivity index (χ0n) is 18.2. The lowest BCUT2D eigenvalue weighted by molar-refractivity contribution is 0.0926. The van der Waals surface area contributed by atoms with Crippen LogP contribution >= 0.6 is 11.3 Å². The second-order valence-corrected chi connectivity index (χ2v) is 9.75. The van der Waals surface area contributed by atoms with Gasteiger partial charge >= 0.3 is 0 Å². The fourth-order valence-corrected chi connectivity index (χ4v) is 4.85. The lowest BCUT2D eigenvalue weighted by Gasteiger charge is -2.35. The SMILES string of the molecule is COc1ccccc1C(CNC(=O)c1sc(C(C)(C)C)nc1C)N1CCCCC1. The third kappa shape index (κ3) is 5.17. The summed E-state index contributed by atoms with van der Waals surface area (Å²) in [6.07, 6.45) is 3.67. The molecule has 1 aliphatic heterocycles. The van der Waals surface area contributed by atoms with E-state index in [-0.39, 0.29) is 17.4 Å². The summed E-state index contributed by atoms with van der Waals surface area (Å²) >= 11 is 1.50. The van der Waals surface area contributed by atoms with Crippen molar-refractivity contribution in [1.29, 1.82) is 0 Å². The molecule has 1 amide bonds. The maximum absolute atomic E-state index is 13.0. The average Bonchev–Trinajstić information content (AvgIpc) is 3.11. The van der Waals surface area contributed by atoms with Gasteiger partial charge in [0.25, 0.3) is 5.91 Å². The Labute approximate surface area is 178 Å². The van der Waals surface area contributed by atoms with Crippen molar-refractivity contribution in [2.24, 2.45) is 0 Å². The first-order valence-electron chi connectivity index (χ1n) is 10.4. The summed E-state index contributed by atoms with van der Waals surface area (Å²) in [5.41, 5.74) is 1.89. The summed E-state index contributed by atoms with van der Waals surface area (Å²) < 4.78 is 5.62. The normalized spacial score (nSPS) is 16.4. The molecule has 1 saturated heterocycles. The molecule has 158 valence electrons. The Morgan fingerprint density at radius 3 is 2.55 bits per heavy atom. The number of hydrogen-bond donors (Lipinski definition) is 1. The van der Waals surface area contributed by atoms with E-state index in [0.29, 0.717) is 11.4 Å². The number of aromatic nitrogens is 1. The van der Waals surface area contributed by atoms with Gasteiger partial charge in [-0.3, -0.25) is 9.69 Å². The molecule has 1 atom stereocenters. The number of hydrogen-bond acceptors (Lipinski definition) is 5. The fourth-order valence-electron chi connectivity index (χ4n) is 3.81. The first-order valence-corrected chi connectivity index (χ1v) is 11.3. The molecule has 0 radical (unpaired) electrons. The van der Waals surface area contributed by atoms with Crippen LogP contribution in [0, 0.1) is 6.92 Å². The van der Waals surface area contributed by atoms with Crippen molar-refractivity contribution in [3.8, 4) is 5.75 Å². The second kappa shape index (κ2) is 9.26. The van der Waals surface area contributed by atoms with Crippen molar-refractivity contribution >= 4 is 17.2 Å². The number of amides is 1. The monoisotopic (exact) mass is 415 g/mol. The zero-order valence-corrected chi connectivity index (χ0v) is 19.1. The van der Waals surface area contributed by atoms with Crippen LogP contribution in [0.25, 0.3) is 0 Å². The van der Waals surface area contributed by atoms with Gasteiger partial charge in [-0.1, -0.05) is 45.4 Å². The molecule has 2 aromatic rings. The molecule has 29 heavy (non-hydrogen) atoms. The third-order valence-corrected chi connectivity index (χ3v) is 7.01. The number of rotatable bonds is 6. The summed E-state index contributed by atoms with van der Waals surface area (Å²) in [7, 11) is 1.71. The van der Waals surface area contributed by atoms with Gasteiger partial charge in [0.15, 0.2) is 0 Å². The first-order chi connectivity index (χ1) is 13.8. The maximum Gasteiger partial charge on any atom is 0.263 e. The van der Waals surface area contributed by atoms with E-state index < -0.39 is 0 Å². The molecule has 0 saturated carbocycles. The highest BCUT2D eigenvalue weighted by Gasteiger charge is 2.27. The average molecular weight is 416 g/mol. The second-order valence-electron chi connectivity index (χ2n) is 8.75. The molecule has 3 rings (SSSR count). The van der Waals surface area contributed by atoms with E-state index in [1.54, 1.807) is 7.11 Å². The Hall–Kier alpha value is -1.92. The number of thiazole rings is 1. The van der Waals surface area contributed by atoms with Crippen molar-refractivity contribution in [1.82, 2.24) is 15.2 Å². The minimum atomic E-state index is -0.0539. The number of aryl methyl sites for hydroxylation is 1. The summed E-state index contributed by atoms with van der Waals surface area (Å²) in [6.45, 7) is 11.0. The van der Waals surface area contributed by atoms with Crippen molar-refractivity contribution in [3.63, 3.8) is 0 Å². The highest BCUT2D eigenvalue weighted by atomic mass is 32.1. The number of carbonyl (C=O) groups excluding carboxylic acids is 1. The summed E-state index contributed by atoms with van der Waals surface area (Å²) in [5, 5.41) is 4.18. The molecular weight excluding hydrogens is 382 g/mol. The molecule has 1 unspecified atom stereocenters. The lowest BCUT2D eigenvalue weighted by atomic mass is 9.98. The number of ether oxygens (including phenoxy) is 1. The van der Waals surface area contributed by atoms with E-state index in [1.165, 1.54) is 30.6 Å². The molecule has 0 bridgehead atoms. The van der Waals surface area contributed by atoms with Gasteiger partial charge in [-0.15, -0.1) is 11.3 Å². The van der Waals surface area contributed by atoms with Crippen molar-refractivity contribution in [3.05, 3.63) is 45.4 Å². The molecular formula is C23H33N3O2S. The predicted octanol–water partition coefficient (Wildman–Crippen LogP) is 4.71. The molecule has 1 aromatic heterocycles. The Morgan fingerprint density at radius 2 is 1.93 bits per heavy atom. The van der Waals surface area contributed by atoms with Crippen LogP contribution in [0.2, 0.25) is 0 Å². The smallest absolute Gasteiger partial charge is 0.263 e. The standard InChI is InChI=1S/C23H33N3O2S/c1-16-20(29-22(25-16)23(2,3)4)21(27)24-15-18(26-13-9-6-10-14-26)17-11-7-8-12-19(17)28-5/h7-8,11-12,18H,6,9-10,13-15H2,1-5H3,(H,24,27). The largest absolute Gasteiger partial charge is 0.496 e. The number of likely N-dealkylation sites (tertiary alicyclic amines) is 1. The number of methoxy groups -OCH3 is 1. The van der Waals surface area contributed by atoms with Crippen LogP contribution in [0.1, 0.15) is 72.0 Å². The lowest BCUT2D eigenvalue weighted by Crippen LogP contribution is -2.40. The van der Waals surface area contributed by atoms with Gasteiger partial charge in [-0.2, -0.15) is 0 Å². The number of nitrogens with one attached hydrogen (secondary N) is 1. The summed E-state index contributed by atoms with van der Waals surface area (Å²) in [5.74, 6) is 0.841. The number of para-hydroxylation sites is 1. The van der Waals surface area contributed by atoms with E-state index in [0.717, 1.165) is 35.1 Å². The topological polar surface area (TPSA) is 54.5 Å². The molecule has 1 fully saturated rings. The number of carbonyl (C=O) groups is 1. The van der Waals surface area contributed by atoms with Crippen LogP contribution in [0.15, 0.2) is 24.3 Å². The Kier molecular flexibility index (Phi) is 6.96. The van der Waals surface area contributed by atoms with Crippen LogP contribution in [-0.2, 0) is 5.41 Å².